The topological polar surface area (TPSA) is 38.7 Å². The molecule has 0 spiro atoms. The number of fused-ring (bicyclic) bond motifs is 2. The molecule has 136 valence electrons. The van der Waals surface area contributed by atoms with Crippen LogP contribution in [0.3, 0.4) is 0 Å². The third-order valence-electron chi connectivity index (χ3n) is 6.97. The maximum Gasteiger partial charge on any atom is 0.121 e. The van der Waals surface area contributed by atoms with Crippen LogP contribution in [0.25, 0.3) is 0 Å². The van der Waals surface area contributed by atoms with Gasteiger partial charge in [0, 0.05) is 5.41 Å². The van der Waals surface area contributed by atoms with E-state index in [4.69, 9.17) is 9.47 Å². The third kappa shape index (κ3) is 2.25. The molecule has 2 aliphatic rings. The first-order valence-corrected chi connectivity index (χ1v) is 9.01. The summed E-state index contributed by atoms with van der Waals surface area (Å²) in [5.74, 6) is 1.11. The first-order chi connectivity index (χ1) is 11.7. The normalized spacial score (nSPS) is 35.6. The van der Waals surface area contributed by atoms with E-state index in [1.165, 1.54) is 0 Å². The van der Waals surface area contributed by atoms with Crippen LogP contribution < -0.4 is 4.74 Å². The maximum atomic E-state index is 11.7. The molecule has 2 saturated carbocycles. The summed E-state index contributed by atoms with van der Waals surface area (Å²) in [6.45, 7) is 15.0. The quantitative estimate of drug-likeness (QED) is 0.773. The van der Waals surface area contributed by atoms with E-state index in [1.807, 2.05) is 37.3 Å². The molecule has 25 heavy (non-hydrogen) atoms. The lowest BCUT2D eigenvalue weighted by Gasteiger charge is -2.48. The summed E-state index contributed by atoms with van der Waals surface area (Å²) in [6, 6.07) is 7.86. The highest BCUT2D eigenvalue weighted by Crippen LogP contribution is 2.72. The highest BCUT2D eigenvalue weighted by Gasteiger charge is 2.75. The maximum absolute atomic E-state index is 11.7. The Hall–Kier alpha value is -1.58. The molecule has 2 bridgehead atoms. The van der Waals surface area contributed by atoms with Crippen LogP contribution in [0, 0.1) is 16.7 Å². The van der Waals surface area contributed by atoms with Gasteiger partial charge in [-0.25, -0.2) is 0 Å². The molecular formula is C22H30O3. The Morgan fingerprint density at radius 2 is 1.96 bits per heavy atom. The Morgan fingerprint density at radius 1 is 1.32 bits per heavy atom. The van der Waals surface area contributed by atoms with Crippen LogP contribution in [0.2, 0.25) is 0 Å². The summed E-state index contributed by atoms with van der Waals surface area (Å²) in [4.78, 5) is 0. The number of aliphatic hydroxyl groups is 1. The number of hydrogen-bond acceptors (Lipinski definition) is 3. The van der Waals surface area contributed by atoms with Crippen LogP contribution >= 0.6 is 0 Å². The minimum absolute atomic E-state index is 0.0764. The van der Waals surface area contributed by atoms with Crippen molar-refractivity contribution in [2.45, 2.75) is 51.9 Å². The number of ether oxygens (including phenoxy) is 2. The Morgan fingerprint density at radius 3 is 2.48 bits per heavy atom. The second kappa shape index (κ2) is 6.00. The fourth-order valence-electron chi connectivity index (χ4n) is 5.44. The van der Waals surface area contributed by atoms with Gasteiger partial charge in [0.05, 0.1) is 19.8 Å². The van der Waals surface area contributed by atoms with Crippen molar-refractivity contribution in [1.29, 1.82) is 0 Å². The molecule has 0 radical (unpaired) electrons. The fraction of sp³-hybridized carbons (Fsp3) is 0.545. The van der Waals surface area contributed by atoms with Gasteiger partial charge < -0.3 is 14.6 Å². The van der Waals surface area contributed by atoms with Crippen molar-refractivity contribution < 1.29 is 14.6 Å². The van der Waals surface area contributed by atoms with E-state index in [0.717, 1.165) is 29.7 Å². The SMILES string of the molecule is C=C[C@]12CC[C@H]([C@@H](OCc3ccc(OC)cc3)[C@]1(O)C(=C)C)C2(C)C. The number of rotatable bonds is 6. The summed E-state index contributed by atoms with van der Waals surface area (Å²) in [5.41, 5.74) is 0.294. The Balaban J connectivity index is 1.89. The van der Waals surface area contributed by atoms with Crippen molar-refractivity contribution in [3.8, 4) is 5.75 Å². The molecule has 2 fully saturated rings. The van der Waals surface area contributed by atoms with Crippen molar-refractivity contribution in [3.05, 3.63) is 54.6 Å². The van der Waals surface area contributed by atoms with Gasteiger partial charge in [-0.05, 0) is 54.4 Å². The second-order valence-corrected chi connectivity index (χ2v) is 8.17. The van der Waals surface area contributed by atoms with Crippen molar-refractivity contribution in [2.75, 3.05) is 7.11 Å². The summed E-state index contributed by atoms with van der Waals surface area (Å²) >= 11 is 0. The van der Waals surface area contributed by atoms with Gasteiger partial charge in [-0.2, -0.15) is 0 Å². The minimum atomic E-state index is -1.08. The van der Waals surface area contributed by atoms with Gasteiger partial charge in [-0.3, -0.25) is 0 Å². The van der Waals surface area contributed by atoms with E-state index >= 15 is 0 Å². The van der Waals surface area contributed by atoms with Crippen LogP contribution in [0.15, 0.2) is 49.1 Å². The van der Waals surface area contributed by atoms with Crippen molar-refractivity contribution >= 4 is 0 Å². The average Bonchev–Trinajstić information content (AvgIpc) is 2.94. The summed E-state index contributed by atoms with van der Waals surface area (Å²) in [7, 11) is 1.66. The zero-order valence-corrected chi connectivity index (χ0v) is 15.8. The number of benzene rings is 1. The van der Waals surface area contributed by atoms with Gasteiger partial charge in [0.25, 0.3) is 0 Å². The van der Waals surface area contributed by atoms with Gasteiger partial charge in [-0.15, -0.1) is 6.58 Å². The van der Waals surface area contributed by atoms with E-state index in [1.54, 1.807) is 7.11 Å². The van der Waals surface area contributed by atoms with Gasteiger partial charge in [0.1, 0.15) is 11.4 Å². The second-order valence-electron chi connectivity index (χ2n) is 8.17. The largest absolute Gasteiger partial charge is 0.497 e. The van der Waals surface area contributed by atoms with Gasteiger partial charge in [-0.1, -0.05) is 38.6 Å². The smallest absolute Gasteiger partial charge is 0.121 e. The molecule has 1 N–H and O–H groups in total. The molecule has 4 atom stereocenters. The van der Waals surface area contributed by atoms with Gasteiger partial charge in [0.2, 0.25) is 0 Å². The summed E-state index contributed by atoms with van der Waals surface area (Å²) in [5, 5.41) is 11.7. The molecule has 0 aliphatic heterocycles. The van der Waals surface area contributed by atoms with E-state index in [-0.39, 0.29) is 22.9 Å². The van der Waals surface area contributed by atoms with E-state index < -0.39 is 5.60 Å². The molecule has 0 heterocycles. The van der Waals surface area contributed by atoms with Crippen LogP contribution in [-0.2, 0) is 11.3 Å². The molecule has 0 aromatic heterocycles. The van der Waals surface area contributed by atoms with Crippen LogP contribution in [0.5, 0.6) is 5.75 Å². The molecule has 3 heteroatoms. The van der Waals surface area contributed by atoms with Crippen molar-refractivity contribution in [3.63, 3.8) is 0 Å². The molecule has 1 aromatic carbocycles. The Kier molecular flexibility index (Phi) is 4.37. The van der Waals surface area contributed by atoms with E-state index in [9.17, 15) is 5.11 Å². The Labute approximate surface area is 151 Å². The van der Waals surface area contributed by atoms with E-state index in [0.29, 0.717) is 6.61 Å². The van der Waals surface area contributed by atoms with Crippen LogP contribution in [-0.4, -0.2) is 23.9 Å². The number of methoxy groups -OCH3 is 1. The third-order valence-corrected chi connectivity index (χ3v) is 6.97. The summed E-state index contributed by atoms with van der Waals surface area (Å²) < 4.78 is 11.5. The molecule has 3 rings (SSSR count). The van der Waals surface area contributed by atoms with Crippen molar-refractivity contribution in [2.24, 2.45) is 16.7 Å². The van der Waals surface area contributed by atoms with Gasteiger partial charge >= 0.3 is 0 Å². The molecule has 0 unspecified atom stereocenters. The predicted molar refractivity (Wildman–Crippen MR) is 100 cm³/mol. The summed E-state index contributed by atoms with van der Waals surface area (Å²) in [6.07, 6.45) is 3.66. The first-order valence-electron chi connectivity index (χ1n) is 9.01. The van der Waals surface area contributed by atoms with Crippen LogP contribution in [0.4, 0.5) is 0 Å². The average molecular weight is 342 g/mol. The minimum Gasteiger partial charge on any atom is -0.497 e. The lowest BCUT2D eigenvalue weighted by molar-refractivity contribution is -0.139. The molecule has 2 aliphatic carbocycles. The fourth-order valence-corrected chi connectivity index (χ4v) is 5.44. The molecule has 0 saturated heterocycles. The zero-order valence-electron chi connectivity index (χ0n) is 15.8. The monoisotopic (exact) mass is 342 g/mol. The highest BCUT2D eigenvalue weighted by molar-refractivity contribution is 5.37. The highest BCUT2D eigenvalue weighted by atomic mass is 16.5. The first kappa shape index (κ1) is 18.2. The lowest BCUT2D eigenvalue weighted by atomic mass is 9.61. The molecule has 0 amide bonds. The van der Waals surface area contributed by atoms with Crippen molar-refractivity contribution in [1.82, 2.24) is 0 Å². The predicted octanol–water partition coefficient (Wildman–Crippen LogP) is 4.51. The Bertz CT molecular complexity index is 675. The molecule has 3 nitrogen and oxygen atoms in total. The zero-order chi connectivity index (χ0) is 18.5. The van der Waals surface area contributed by atoms with Crippen LogP contribution in [0.1, 0.15) is 39.2 Å². The molecule has 1 aromatic rings. The number of hydrogen-bond donors (Lipinski definition) is 1. The molecular weight excluding hydrogens is 312 g/mol. The standard InChI is InChI=1S/C22H30O3/c1-7-21-13-12-18(20(21,4)5)19(22(21,23)15(2)3)25-14-16-8-10-17(24-6)11-9-16/h7-11,18-19,23H,1-2,12-14H2,3-6H3/t18-,19-,21-,22-/m1/s1. The van der Waals surface area contributed by atoms with Gasteiger partial charge in [0.15, 0.2) is 0 Å². The lowest BCUT2D eigenvalue weighted by Crippen LogP contribution is -2.55. The van der Waals surface area contributed by atoms with E-state index in [2.05, 4.69) is 27.0 Å².